The van der Waals surface area contributed by atoms with Crippen LogP contribution in [0.15, 0.2) is 35.4 Å². The van der Waals surface area contributed by atoms with Crippen LogP contribution in [0.1, 0.15) is 5.56 Å². The maximum atomic E-state index is 7.21. The molecule has 1 rings (SSSR count). The highest BCUT2D eigenvalue weighted by molar-refractivity contribution is 5.80. The van der Waals surface area contributed by atoms with Gasteiger partial charge >= 0.3 is 0 Å². The molecule has 1 aromatic rings. The lowest BCUT2D eigenvalue weighted by Crippen LogP contribution is -2.39. The summed E-state index contributed by atoms with van der Waals surface area (Å²) in [6.45, 7) is 0.198. The van der Waals surface area contributed by atoms with Gasteiger partial charge in [0.2, 0.25) is 11.9 Å². The third-order valence-corrected chi connectivity index (χ3v) is 1.93. The van der Waals surface area contributed by atoms with E-state index in [9.17, 15) is 0 Å². The van der Waals surface area contributed by atoms with Crippen LogP contribution in [-0.2, 0) is 16.3 Å². The average Bonchev–Trinajstić information content (AvgIpc) is 2.44. The van der Waals surface area contributed by atoms with Gasteiger partial charge in [-0.2, -0.15) is 0 Å². The van der Waals surface area contributed by atoms with Crippen molar-refractivity contribution in [1.82, 2.24) is 10.7 Å². The second-order valence-electron chi connectivity index (χ2n) is 3.50. The minimum Gasteiger partial charge on any atom is -0.367 e. The highest BCUT2D eigenvalue weighted by Gasteiger charge is 2.06. The van der Waals surface area contributed by atoms with Crippen molar-refractivity contribution in [2.24, 2.45) is 16.6 Å². The average molecular weight is 276 g/mol. The fourth-order valence-electron chi connectivity index (χ4n) is 1.14. The van der Waals surface area contributed by atoms with E-state index >= 15 is 0 Å². The molecule has 0 fully saturated rings. The van der Waals surface area contributed by atoms with Crippen molar-refractivity contribution in [1.29, 1.82) is 5.41 Å². The zero-order valence-corrected chi connectivity index (χ0v) is 10.7. The van der Waals surface area contributed by atoms with Crippen LogP contribution in [0.4, 0.5) is 0 Å². The summed E-state index contributed by atoms with van der Waals surface area (Å²) in [6, 6.07) is 9.47. The number of guanidine groups is 2. The van der Waals surface area contributed by atoms with Gasteiger partial charge in [-0.15, -0.1) is 11.5 Å². The smallest absolute Gasteiger partial charge is 0.238 e. The second-order valence-corrected chi connectivity index (χ2v) is 3.50. The molecule has 0 spiro atoms. The number of nitrogens with two attached hydrogens (primary N) is 2. The highest BCUT2D eigenvalue weighted by Crippen LogP contribution is 1.98. The SMILES string of the molecule is C#CCON(N=C(N)NOCc1ccccc1)C(=N)N. The summed E-state index contributed by atoms with van der Waals surface area (Å²) in [4.78, 5) is 10.00. The first-order valence-electron chi connectivity index (χ1n) is 5.60. The van der Waals surface area contributed by atoms with Crippen LogP contribution in [0.3, 0.4) is 0 Å². The summed E-state index contributed by atoms with van der Waals surface area (Å²) >= 11 is 0. The topological polar surface area (TPSA) is 122 Å². The Kier molecular flexibility index (Phi) is 6.40. The van der Waals surface area contributed by atoms with Gasteiger partial charge in [-0.25, -0.2) is 10.3 Å². The van der Waals surface area contributed by atoms with Crippen LogP contribution in [0.2, 0.25) is 0 Å². The molecule has 0 unspecified atom stereocenters. The molecule has 106 valence electrons. The Hall–Kier alpha value is -2.76. The number of hydrogen-bond acceptors (Lipinski definition) is 4. The number of hydroxylamine groups is 2. The maximum absolute atomic E-state index is 7.21. The van der Waals surface area contributed by atoms with Crippen LogP contribution in [0.25, 0.3) is 0 Å². The van der Waals surface area contributed by atoms with E-state index in [1.54, 1.807) is 0 Å². The molecule has 8 nitrogen and oxygen atoms in total. The molecular weight excluding hydrogens is 260 g/mol. The Morgan fingerprint density at radius 1 is 1.40 bits per heavy atom. The van der Waals surface area contributed by atoms with E-state index in [0.29, 0.717) is 11.8 Å². The van der Waals surface area contributed by atoms with Gasteiger partial charge in [0, 0.05) is 0 Å². The van der Waals surface area contributed by atoms with Crippen LogP contribution in [-0.4, -0.2) is 23.7 Å². The molecule has 20 heavy (non-hydrogen) atoms. The van der Waals surface area contributed by atoms with E-state index in [1.165, 1.54) is 0 Å². The summed E-state index contributed by atoms with van der Waals surface area (Å²) in [7, 11) is 0. The zero-order chi connectivity index (χ0) is 14.8. The van der Waals surface area contributed by atoms with Gasteiger partial charge in [-0.1, -0.05) is 41.4 Å². The van der Waals surface area contributed by atoms with Crippen molar-refractivity contribution in [3.05, 3.63) is 35.9 Å². The van der Waals surface area contributed by atoms with Crippen molar-refractivity contribution in [3.63, 3.8) is 0 Å². The van der Waals surface area contributed by atoms with Crippen LogP contribution in [0, 0.1) is 17.8 Å². The van der Waals surface area contributed by atoms with Crippen molar-refractivity contribution in [2.45, 2.75) is 6.61 Å². The van der Waals surface area contributed by atoms with Gasteiger partial charge in [0.1, 0.15) is 6.61 Å². The molecule has 1 aromatic carbocycles. The Balaban J connectivity index is 2.43. The van der Waals surface area contributed by atoms with Crippen LogP contribution < -0.4 is 16.9 Å². The first-order chi connectivity index (χ1) is 9.63. The fraction of sp³-hybridized carbons (Fsp3) is 0.167. The molecule has 0 aromatic heterocycles. The van der Waals surface area contributed by atoms with Crippen molar-refractivity contribution < 1.29 is 9.68 Å². The predicted octanol–water partition coefficient (Wildman–Crippen LogP) is -0.302. The standard InChI is InChI=1S/C12H16N6O2/c1-2-8-20-18(11(13)14)16-12(15)17-19-9-10-6-4-3-5-7-10/h1,3-7H,8-9H2,(H3,13,14)(H3,15,16,17). The van der Waals surface area contributed by atoms with Gasteiger partial charge in [-0.3, -0.25) is 10.2 Å². The third-order valence-electron chi connectivity index (χ3n) is 1.93. The first-order valence-corrected chi connectivity index (χ1v) is 5.60. The quantitative estimate of drug-likeness (QED) is 0.245. The molecule has 0 bridgehead atoms. The minimum atomic E-state index is -0.465. The van der Waals surface area contributed by atoms with Gasteiger partial charge in [-0.05, 0) is 5.56 Å². The molecule has 0 amide bonds. The molecule has 0 saturated heterocycles. The molecule has 0 radical (unpaired) electrons. The first kappa shape index (κ1) is 15.3. The molecular formula is C12H16N6O2. The monoisotopic (exact) mass is 276 g/mol. The number of benzene rings is 1. The van der Waals surface area contributed by atoms with Gasteiger partial charge in [0.25, 0.3) is 0 Å². The number of nitrogens with zero attached hydrogens (tertiary/aromatic N) is 2. The van der Waals surface area contributed by atoms with Crippen molar-refractivity contribution >= 4 is 11.9 Å². The van der Waals surface area contributed by atoms with E-state index in [-0.39, 0.29) is 12.6 Å². The van der Waals surface area contributed by atoms with Crippen LogP contribution >= 0.6 is 0 Å². The Bertz CT molecular complexity index is 496. The Morgan fingerprint density at radius 3 is 2.70 bits per heavy atom. The molecule has 6 N–H and O–H groups in total. The molecule has 0 aliphatic carbocycles. The Labute approximate surface area is 116 Å². The van der Waals surface area contributed by atoms with E-state index in [1.807, 2.05) is 30.3 Å². The molecule has 0 aliphatic heterocycles. The van der Waals surface area contributed by atoms with Crippen molar-refractivity contribution in [3.8, 4) is 12.3 Å². The molecule has 0 aliphatic rings. The largest absolute Gasteiger partial charge is 0.367 e. The summed E-state index contributed by atoms with van der Waals surface area (Å²) in [6.07, 6.45) is 5.02. The number of rotatable bonds is 6. The molecule has 0 heterocycles. The molecule has 0 saturated carbocycles. The zero-order valence-electron chi connectivity index (χ0n) is 10.7. The van der Waals surface area contributed by atoms with Crippen LogP contribution in [0.5, 0.6) is 0 Å². The fourth-order valence-corrected chi connectivity index (χ4v) is 1.14. The Morgan fingerprint density at radius 2 is 2.10 bits per heavy atom. The molecule has 8 heteroatoms. The number of nitrogens with one attached hydrogen (secondary N) is 2. The maximum Gasteiger partial charge on any atom is 0.238 e. The number of terminal acetylenes is 1. The summed E-state index contributed by atoms with van der Waals surface area (Å²) in [5.41, 5.74) is 14.1. The number of hydrazone groups is 1. The lowest BCUT2D eigenvalue weighted by molar-refractivity contribution is -0.0852. The summed E-state index contributed by atoms with van der Waals surface area (Å²) < 4.78 is 0. The van der Waals surface area contributed by atoms with Gasteiger partial charge < -0.3 is 11.5 Å². The minimum absolute atomic E-state index is 0.0960. The molecule has 0 atom stereocenters. The predicted molar refractivity (Wildman–Crippen MR) is 74.5 cm³/mol. The lowest BCUT2D eigenvalue weighted by atomic mass is 10.2. The van der Waals surface area contributed by atoms with E-state index in [0.717, 1.165) is 5.56 Å². The lowest BCUT2D eigenvalue weighted by Gasteiger charge is -2.15. The second kappa shape index (κ2) is 8.36. The van der Waals surface area contributed by atoms with E-state index < -0.39 is 5.96 Å². The van der Waals surface area contributed by atoms with E-state index in [2.05, 4.69) is 16.5 Å². The summed E-state index contributed by atoms with van der Waals surface area (Å²) in [5.74, 6) is 1.62. The highest BCUT2D eigenvalue weighted by atomic mass is 16.7. The number of hydrogen-bond donors (Lipinski definition) is 4. The van der Waals surface area contributed by atoms with Gasteiger partial charge in [0.05, 0.1) is 6.61 Å². The van der Waals surface area contributed by atoms with Gasteiger partial charge in [0.15, 0.2) is 0 Å². The third kappa shape index (κ3) is 5.72. The summed E-state index contributed by atoms with van der Waals surface area (Å²) in [5, 5.41) is 11.6. The van der Waals surface area contributed by atoms with Crippen molar-refractivity contribution in [2.75, 3.05) is 6.61 Å². The van der Waals surface area contributed by atoms with E-state index in [4.69, 9.17) is 33.0 Å². The normalized spacial score (nSPS) is 10.7.